The predicted molar refractivity (Wildman–Crippen MR) is 80.5 cm³/mol. The van der Waals surface area contributed by atoms with Crippen molar-refractivity contribution in [3.8, 4) is 0 Å². The summed E-state index contributed by atoms with van der Waals surface area (Å²) in [5, 5.41) is 2.89. The monoisotopic (exact) mass is 307 g/mol. The number of nitrogens with one attached hydrogen (secondary N) is 1. The zero-order valence-electron chi connectivity index (χ0n) is 12.8. The smallest absolute Gasteiger partial charge is 0.307 e. The molecule has 1 amide bonds. The maximum atomic E-state index is 13.4. The van der Waals surface area contributed by atoms with Crippen LogP contribution < -0.4 is 5.32 Å². The minimum atomic E-state index is -0.558. The fourth-order valence-corrected chi connectivity index (χ4v) is 2.88. The molecule has 0 aliphatic heterocycles. The maximum Gasteiger partial charge on any atom is 0.307 e. The average Bonchev–Trinajstić information content (AvgIpc) is 2.54. The van der Waals surface area contributed by atoms with Crippen LogP contribution in [0.5, 0.6) is 0 Å². The number of amides is 1. The third-order valence-corrected chi connectivity index (χ3v) is 4.14. The first-order chi connectivity index (χ1) is 10.6. The van der Waals surface area contributed by atoms with Gasteiger partial charge < -0.3 is 10.1 Å². The third-order valence-electron chi connectivity index (χ3n) is 4.14. The van der Waals surface area contributed by atoms with Gasteiger partial charge in [0.2, 0.25) is 5.91 Å². The van der Waals surface area contributed by atoms with E-state index in [1.54, 1.807) is 12.1 Å². The Bertz CT molecular complexity index is 526. The van der Waals surface area contributed by atoms with E-state index in [0.717, 1.165) is 25.7 Å². The highest BCUT2D eigenvalue weighted by atomic mass is 19.1. The summed E-state index contributed by atoms with van der Waals surface area (Å²) in [6, 6.07) is 5.40. The Balaban J connectivity index is 2.09. The lowest BCUT2D eigenvalue weighted by Crippen LogP contribution is -2.36. The SMILES string of the molecule is COC(=O)CC(NC(=O)C1CCCCC1)c1cccc(F)c1. The molecule has 0 saturated heterocycles. The fraction of sp³-hybridized carbons (Fsp3) is 0.529. The molecule has 1 saturated carbocycles. The standard InChI is InChI=1S/C17H22FNO3/c1-22-16(20)11-15(13-8-5-9-14(18)10-13)19-17(21)12-6-3-2-4-7-12/h5,8-10,12,15H,2-4,6-7,11H2,1H3,(H,19,21). The van der Waals surface area contributed by atoms with Crippen LogP contribution in [0.2, 0.25) is 0 Å². The van der Waals surface area contributed by atoms with Crippen molar-refractivity contribution in [2.45, 2.75) is 44.6 Å². The molecule has 1 unspecified atom stereocenters. The zero-order valence-corrected chi connectivity index (χ0v) is 12.8. The molecule has 120 valence electrons. The molecule has 0 radical (unpaired) electrons. The molecule has 1 atom stereocenters. The number of benzene rings is 1. The minimum absolute atomic E-state index is 0.00157. The van der Waals surface area contributed by atoms with E-state index in [0.29, 0.717) is 5.56 Å². The van der Waals surface area contributed by atoms with Crippen LogP contribution in [-0.4, -0.2) is 19.0 Å². The first kappa shape index (κ1) is 16.5. The number of carbonyl (C=O) groups excluding carboxylic acids is 2. The summed E-state index contributed by atoms with van der Waals surface area (Å²) >= 11 is 0. The van der Waals surface area contributed by atoms with Crippen molar-refractivity contribution in [2.24, 2.45) is 5.92 Å². The van der Waals surface area contributed by atoms with E-state index in [1.807, 2.05) is 0 Å². The van der Waals surface area contributed by atoms with E-state index in [9.17, 15) is 14.0 Å². The van der Waals surface area contributed by atoms with Gasteiger partial charge in [-0.3, -0.25) is 9.59 Å². The van der Waals surface area contributed by atoms with E-state index in [2.05, 4.69) is 10.1 Å². The molecule has 2 rings (SSSR count). The van der Waals surface area contributed by atoms with Crippen LogP contribution in [0.15, 0.2) is 24.3 Å². The van der Waals surface area contributed by atoms with Crippen LogP contribution in [0.1, 0.15) is 50.1 Å². The van der Waals surface area contributed by atoms with Gasteiger partial charge >= 0.3 is 5.97 Å². The molecule has 0 spiro atoms. The van der Waals surface area contributed by atoms with E-state index < -0.39 is 12.0 Å². The van der Waals surface area contributed by atoms with Crippen LogP contribution >= 0.6 is 0 Å². The van der Waals surface area contributed by atoms with Gasteiger partial charge in [-0.25, -0.2) is 4.39 Å². The number of hydrogen-bond acceptors (Lipinski definition) is 3. The van der Waals surface area contributed by atoms with E-state index in [-0.39, 0.29) is 24.1 Å². The Morgan fingerprint density at radius 1 is 1.32 bits per heavy atom. The molecule has 1 aromatic rings. The highest BCUT2D eigenvalue weighted by Crippen LogP contribution is 2.26. The van der Waals surface area contributed by atoms with Crippen molar-refractivity contribution >= 4 is 11.9 Å². The lowest BCUT2D eigenvalue weighted by Gasteiger charge is -2.25. The molecule has 1 N–H and O–H groups in total. The van der Waals surface area contributed by atoms with Crippen molar-refractivity contribution in [2.75, 3.05) is 7.11 Å². The molecule has 5 heteroatoms. The Morgan fingerprint density at radius 2 is 2.05 bits per heavy atom. The van der Waals surface area contributed by atoms with Gasteiger partial charge in [0, 0.05) is 5.92 Å². The topological polar surface area (TPSA) is 55.4 Å². The van der Waals surface area contributed by atoms with Crippen LogP contribution in [0.4, 0.5) is 4.39 Å². The van der Waals surface area contributed by atoms with E-state index in [4.69, 9.17) is 0 Å². The highest BCUT2D eigenvalue weighted by molar-refractivity contribution is 5.80. The predicted octanol–water partition coefficient (Wildman–Crippen LogP) is 3.13. The quantitative estimate of drug-likeness (QED) is 0.850. The number of rotatable bonds is 5. The molecule has 22 heavy (non-hydrogen) atoms. The van der Waals surface area contributed by atoms with Crippen LogP contribution in [-0.2, 0) is 14.3 Å². The first-order valence-electron chi connectivity index (χ1n) is 7.73. The summed E-state index contributed by atoms with van der Waals surface area (Å²) in [7, 11) is 1.30. The van der Waals surface area contributed by atoms with Gasteiger partial charge in [-0.1, -0.05) is 31.4 Å². The van der Waals surface area contributed by atoms with Crippen molar-refractivity contribution in [1.82, 2.24) is 5.32 Å². The molecule has 4 nitrogen and oxygen atoms in total. The van der Waals surface area contributed by atoms with Gasteiger partial charge in [-0.15, -0.1) is 0 Å². The second kappa shape index (κ2) is 7.92. The molecule has 0 aromatic heterocycles. The van der Waals surface area contributed by atoms with Crippen molar-refractivity contribution in [3.05, 3.63) is 35.6 Å². The van der Waals surface area contributed by atoms with Gasteiger partial charge in [0.25, 0.3) is 0 Å². The summed E-state index contributed by atoms with van der Waals surface area (Å²) in [6.07, 6.45) is 5.02. The minimum Gasteiger partial charge on any atom is -0.469 e. The summed E-state index contributed by atoms with van der Waals surface area (Å²) < 4.78 is 18.1. The first-order valence-corrected chi connectivity index (χ1v) is 7.73. The Labute approximate surface area is 130 Å². The number of carbonyl (C=O) groups is 2. The number of halogens is 1. The summed E-state index contributed by atoms with van der Waals surface area (Å²) in [5.74, 6) is -0.891. The molecule has 1 aliphatic rings. The Hall–Kier alpha value is -1.91. The van der Waals surface area contributed by atoms with Crippen LogP contribution in [0.3, 0.4) is 0 Å². The summed E-state index contributed by atoms with van der Waals surface area (Å²) in [5.41, 5.74) is 0.578. The highest BCUT2D eigenvalue weighted by Gasteiger charge is 2.25. The molecule has 1 fully saturated rings. The molecule has 0 bridgehead atoms. The van der Waals surface area contributed by atoms with Gasteiger partial charge in [0.1, 0.15) is 5.82 Å². The van der Waals surface area contributed by atoms with Gasteiger partial charge in [-0.05, 0) is 30.5 Å². The van der Waals surface area contributed by atoms with Crippen molar-refractivity contribution in [1.29, 1.82) is 0 Å². The Kier molecular flexibility index (Phi) is 5.92. The number of methoxy groups -OCH3 is 1. The van der Waals surface area contributed by atoms with Gasteiger partial charge in [-0.2, -0.15) is 0 Å². The normalized spacial score (nSPS) is 16.8. The summed E-state index contributed by atoms with van der Waals surface area (Å²) in [6.45, 7) is 0. The number of hydrogen-bond donors (Lipinski definition) is 1. The molecular formula is C17H22FNO3. The molecule has 1 aromatic carbocycles. The van der Waals surface area contributed by atoms with Gasteiger partial charge in [0.15, 0.2) is 0 Å². The van der Waals surface area contributed by atoms with Crippen molar-refractivity contribution < 1.29 is 18.7 Å². The maximum absolute atomic E-state index is 13.4. The van der Waals surface area contributed by atoms with Crippen molar-refractivity contribution in [3.63, 3.8) is 0 Å². The zero-order chi connectivity index (χ0) is 15.9. The summed E-state index contributed by atoms with van der Waals surface area (Å²) in [4.78, 5) is 24.0. The Morgan fingerprint density at radius 3 is 2.68 bits per heavy atom. The number of esters is 1. The molecule has 0 heterocycles. The van der Waals surface area contributed by atoms with E-state index in [1.165, 1.54) is 25.7 Å². The van der Waals surface area contributed by atoms with Crippen LogP contribution in [0.25, 0.3) is 0 Å². The third kappa shape index (κ3) is 4.55. The second-order valence-electron chi connectivity index (χ2n) is 5.73. The number of ether oxygens (including phenoxy) is 1. The fourth-order valence-electron chi connectivity index (χ4n) is 2.88. The van der Waals surface area contributed by atoms with Gasteiger partial charge in [0.05, 0.1) is 19.6 Å². The van der Waals surface area contributed by atoms with E-state index >= 15 is 0 Å². The average molecular weight is 307 g/mol. The lowest BCUT2D eigenvalue weighted by molar-refractivity contribution is -0.141. The molecular weight excluding hydrogens is 285 g/mol. The lowest BCUT2D eigenvalue weighted by atomic mass is 9.88. The molecule has 1 aliphatic carbocycles. The largest absolute Gasteiger partial charge is 0.469 e. The van der Waals surface area contributed by atoms with Crippen LogP contribution in [0, 0.1) is 11.7 Å². The second-order valence-corrected chi connectivity index (χ2v) is 5.73.